The summed E-state index contributed by atoms with van der Waals surface area (Å²) in [6, 6.07) is 7.57. The average molecular weight is 332 g/mol. The van der Waals surface area contributed by atoms with Crippen LogP contribution < -0.4 is 15.4 Å². The van der Waals surface area contributed by atoms with E-state index < -0.39 is 0 Å². The standard InChI is InChI=1S/C18H24N2O4/c1-23-16-7-3-2-5-12(16)10-19-17(21)14-9-15(14)18(22)20-11-13-6-4-8-24-13/h2-3,5,7,13-15H,4,6,8-11H2,1H3,(H,19,21)(H,20,22). The Balaban J connectivity index is 1.41. The van der Waals surface area contributed by atoms with E-state index >= 15 is 0 Å². The van der Waals surface area contributed by atoms with Gasteiger partial charge in [-0.05, 0) is 25.3 Å². The highest BCUT2D eigenvalue weighted by Gasteiger charge is 2.47. The third-order valence-electron chi connectivity index (χ3n) is 4.64. The first-order valence-corrected chi connectivity index (χ1v) is 8.48. The fraction of sp³-hybridized carbons (Fsp3) is 0.556. The van der Waals surface area contributed by atoms with E-state index in [2.05, 4.69) is 10.6 Å². The second-order valence-electron chi connectivity index (χ2n) is 6.36. The molecule has 1 saturated heterocycles. The van der Waals surface area contributed by atoms with E-state index in [0.717, 1.165) is 30.8 Å². The molecule has 2 N–H and O–H groups in total. The highest BCUT2D eigenvalue weighted by molar-refractivity contribution is 5.92. The van der Waals surface area contributed by atoms with Crippen molar-refractivity contribution in [1.29, 1.82) is 0 Å². The Labute approximate surface area is 141 Å². The molecule has 0 radical (unpaired) electrons. The van der Waals surface area contributed by atoms with Crippen LogP contribution in [0.3, 0.4) is 0 Å². The van der Waals surface area contributed by atoms with Crippen LogP contribution >= 0.6 is 0 Å². The van der Waals surface area contributed by atoms with Gasteiger partial charge < -0.3 is 20.1 Å². The monoisotopic (exact) mass is 332 g/mol. The van der Waals surface area contributed by atoms with Gasteiger partial charge in [0.15, 0.2) is 0 Å². The number of ether oxygens (including phenoxy) is 2. The normalized spacial score (nSPS) is 25.1. The number of hydrogen-bond donors (Lipinski definition) is 2. The first kappa shape index (κ1) is 16.8. The summed E-state index contributed by atoms with van der Waals surface area (Å²) in [5, 5.41) is 5.79. The van der Waals surface area contributed by atoms with E-state index in [1.54, 1.807) is 7.11 Å². The molecule has 1 aliphatic heterocycles. The zero-order valence-electron chi connectivity index (χ0n) is 13.9. The van der Waals surface area contributed by atoms with Gasteiger partial charge in [-0.1, -0.05) is 18.2 Å². The summed E-state index contributed by atoms with van der Waals surface area (Å²) in [4.78, 5) is 24.3. The second kappa shape index (κ2) is 7.66. The lowest BCUT2D eigenvalue weighted by atomic mass is 10.2. The van der Waals surface area contributed by atoms with Crippen molar-refractivity contribution in [3.05, 3.63) is 29.8 Å². The van der Waals surface area contributed by atoms with Gasteiger partial charge in [-0.25, -0.2) is 0 Å². The summed E-state index contributed by atoms with van der Waals surface area (Å²) < 4.78 is 10.7. The van der Waals surface area contributed by atoms with E-state index in [-0.39, 0.29) is 29.8 Å². The fourth-order valence-electron chi connectivity index (χ4n) is 3.09. The van der Waals surface area contributed by atoms with Gasteiger partial charge in [0.1, 0.15) is 5.75 Å². The van der Waals surface area contributed by atoms with Crippen LogP contribution in [-0.2, 0) is 20.9 Å². The Morgan fingerprint density at radius 2 is 1.96 bits per heavy atom. The molecule has 0 aromatic heterocycles. The largest absolute Gasteiger partial charge is 0.496 e. The summed E-state index contributed by atoms with van der Waals surface area (Å²) in [5.41, 5.74) is 0.924. The number of nitrogens with one attached hydrogen (secondary N) is 2. The maximum absolute atomic E-state index is 12.2. The molecule has 0 bridgehead atoms. The molecule has 3 unspecified atom stereocenters. The number of methoxy groups -OCH3 is 1. The lowest BCUT2D eigenvalue weighted by molar-refractivity contribution is -0.127. The number of carbonyl (C=O) groups excluding carboxylic acids is 2. The van der Waals surface area contributed by atoms with Crippen molar-refractivity contribution >= 4 is 11.8 Å². The van der Waals surface area contributed by atoms with Crippen LogP contribution in [-0.4, -0.2) is 38.2 Å². The van der Waals surface area contributed by atoms with E-state index in [9.17, 15) is 9.59 Å². The number of amides is 2. The molecule has 1 aromatic rings. The lowest BCUT2D eigenvalue weighted by Gasteiger charge is -2.11. The summed E-state index contributed by atoms with van der Waals surface area (Å²) in [6.45, 7) is 1.73. The van der Waals surface area contributed by atoms with Crippen LogP contribution in [0.2, 0.25) is 0 Å². The van der Waals surface area contributed by atoms with Gasteiger partial charge in [0, 0.05) is 25.3 Å². The van der Waals surface area contributed by atoms with Gasteiger partial charge in [0.25, 0.3) is 0 Å². The second-order valence-corrected chi connectivity index (χ2v) is 6.36. The van der Waals surface area contributed by atoms with Crippen LogP contribution in [0.5, 0.6) is 5.75 Å². The first-order chi connectivity index (χ1) is 11.7. The van der Waals surface area contributed by atoms with Crippen LogP contribution in [0.1, 0.15) is 24.8 Å². The average Bonchev–Trinajstić information content (AvgIpc) is 3.25. The van der Waals surface area contributed by atoms with Crippen molar-refractivity contribution in [2.24, 2.45) is 11.8 Å². The van der Waals surface area contributed by atoms with Crippen molar-refractivity contribution in [2.45, 2.75) is 31.9 Å². The van der Waals surface area contributed by atoms with Crippen LogP contribution in [0, 0.1) is 11.8 Å². The lowest BCUT2D eigenvalue weighted by Crippen LogP contribution is -2.34. The molecular formula is C18H24N2O4. The van der Waals surface area contributed by atoms with Crippen LogP contribution in [0.25, 0.3) is 0 Å². The van der Waals surface area contributed by atoms with Crippen LogP contribution in [0.4, 0.5) is 0 Å². The van der Waals surface area contributed by atoms with E-state index in [4.69, 9.17) is 9.47 Å². The third kappa shape index (κ3) is 4.06. The molecule has 1 heterocycles. The van der Waals surface area contributed by atoms with Gasteiger partial charge in [-0.3, -0.25) is 9.59 Å². The highest BCUT2D eigenvalue weighted by atomic mass is 16.5. The Kier molecular flexibility index (Phi) is 5.35. The van der Waals surface area contributed by atoms with Crippen molar-refractivity contribution in [3.8, 4) is 5.75 Å². The molecule has 3 atom stereocenters. The molecule has 6 nitrogen and oxygen atoms in total. The molecule has 24 heavy (non-hydrogen) atoms. The minimum atomic E-state index is -0.218. The number of carbonyl (C=O) groups is 2. The van der Waals surface area contributed by atoms with Crippen molar-refractivity contribution in [1.82, 2.24) is 10.6 Å². The summed E-state index contributed by atoms with van der Waals surface area (Å²) in [6.07, 6.45) is 2.80. The predicted molar refractivity (Wildman–Crippen MR) is 88.4 cm³/mol. The molecular weight excluding hydrogens is 308 g/mol. The highest BCUT2D eigenvalue weighted by Crippen LogP contribution is 2.38. The van der Waals surface area contributed by atoms with Gasteiger partial charge in [-0.2, -0.15) is 0 Å². The Bertz CT molecular complexity index is 598. The molecule has 130 valence electrons. The predicted octanol–water partition coefficient (Wildman–Crippen LogP) is 1.24. The minimum absolute atomic E-state index is 0.0389. The number of benzene rings is 1. The van der Waals surface area contributed by atoms with Crippen molar-refractivity contribution in [3.63, 3.8) is 0 Å². The van der Waals surface area contributed by atoms with E-state index in [0.29, 0.717) is 19.5 Å². The van der Waals surface area contributed by atoms with Gasteiger partial charge in [0.2, 0.25) is 11.8 Å². The zero-order valence-corrected chi connectivity index (χ0v) is 13.9. The Hall–Kier alpha value is -2.08. The number of para-hydroxylation sites is 1. The van der Waals surface area contributed by atoms with Gasteiger partial charge in [-0.15, -0.1) is 0 Å². The molecule has 2 aliphatic rings. The van der Waals surface area contributed by atoms with Gasteiger partial charge >= 0.3 is 0 Å². The minimum Gasteiger partial charge on any atom is -0.496 e. The molecule has 1 saturated carbocycles. The smallest absolute Gasteiger partial charge is 0.224 e. The SMILES string of the molecule is COc1ccccc1CNC(=O)C1CC1C(=O)NCC1CCCO1. The maximum atomic E-state index is 12.2. The topological polar surface area (TPSA) is 76.7 Å². The Morgan fingerprint density at radius 1 is 1.21 bits per heavy atom. The van der Waals surface area contributed by atoms with Crippen molar-refractivity contribution < 1.29 is 19.1 Å². The summed E-state index contributed by atoms with van der Waals surface area (Å²) in [7, 11) is 1.61. The molecule has 3 rings (SSSR count). The van der Waals surface area contributed by atoms with E-state index in [1.165, 1.54) is 0 Å². The maximum Gasteiger partial charge on any atom is 0.224 e. The molecule has 6 heteroatoms. The molecule has 1 aromatic carbocycles. The van der Waals surface area contributed by atoms with Crippen LogP contribution in [0.15, 0.2) is 24.3 Å². The Morgan fingerprint density at radius 3 is 2.67 bits per heavy atom. The molecule has 1 aliphatic carbocycles. The molecule has 2 fully saturated rings. The van der Waals surface area contributed by atoms with Gasteiger partial charge in [0.05, 0.1) is 25.0 Å². The zero-order chi connectivity index (χ0) is 16.9. The summed E-state index contributed by atoms with van der Waals surface area (Å²) >= 11 is 0. The fourth-order valence-corrected chi connectivity index (χ4v) is 3.09. The first-order valence-electron chi connectivity index (χ1n) is 8.48. The van der Waals surface area contributed by atoms with E-state index in [1.807, 2.05) is 24.3 Å². The molecule has 0 spiro atoms. The quantitative estimate of drug-likeness (QED) is 0.788. The number of rotatable bonds is 7. The number of hydrogen-bond acceptors (Lipinski definition) is 4. The summed E-state index contributed by atoms with van der Waals surface area (Å²) in [5.74, 6) is 0.217. The third-order valence-corrected chi connectivity index (χ3v) is 4.64. The molecule has 2 amide bonds. The van der Waals surface area contributed by atoms with Crippen molar-refractivity contribution in [2.75, 3.05) is 20.3 Å².